The molecule has 0 radical (unpaired) electrons. The average Bonchev–Trinajstić information content (AvgIpc) is 3.49. The van der Waals surface area contributed by atoms with Gasteiger partial charge in [-0.3, -0.25) is 9.59 Å². The predicted octanol–water partition coefficient (Wildman–Crippen LogP) is 4.84. The molecule has 2 amide bonds. The summed E-state index contributed by atoms with van der Waals surface area (Å²) in [7, 11) is 0. The Hall–Kier alpha value is -3.35. The molecule has 0 saturated heterocycles. The van der Waals surface area contributed by atoms with Gasteiger partial charge in [-0.15, -0.1) is 0 Å². The van der Waals surface area contributed by atoms with Crippen LogP contribution >= 0.6 is 0 Å². The number of amides is 2. The highest BCUT2D eigenvalue weighted by Gasteiger charge is 2.32. The quantitative estimate of drug-likeness (QED) is 0.453. The molecule has 0 heterocycles. The summed E-state index contributed by atoms with van der Waals surface area (Å²) in [5.41, 5.74) is 4.54. The molecule has 2 atom stereocenters. The molecule has 1 fully saturated rings. The number of nitrogens with one attached hydrogen (secondary N) is 2. The second-order valence-corrected chi connectivity index (χ2v) is 9.57. The maximum absolute atomic E-state index is 13.0. The fraction of sp³-hybridized carbons (Fsp3) is 0.464. The zero-order valence-electron chi connectivity index (χ0n) is 20.2. The van der Waals surface area contributed by atoms with Crippen LogP contribution in [0, 0.1) is 5.92 Å². The summed E-state index contributed by atoms with van der Waals surface area (Å²) >= 11 is 0. The lowest BCUT2D eigenvalue weighted by atomic mass is 9.94. The number of carbonyl (C=O) groups excluding carboxylic acids is 2. The number of aliphatic carboxylic acids is 1. The number of hydrogen-bond acceptors (Lipinski definition) is 4. The van der Waals surface area contributed by atoms with E-state index in [0.29, 0.717) is 12.8 Å². The number of ether oxygens (including phenoxy) is 1. The maximum Gasteiger partial charge on any atom is 0.407 e. The summed E-state index contributed by atoms with van der Waals surface area (Å²) in [6.07, 6.45) is 4.30. The highest BCUT2D eigenvalue weighted by Crippen LogP contribution is 2.44. The largest absolute Gasteiger partial charge is 0.481 e. The zero-order valence-corrected chi connectivity index (χ0v) is 20.2. The molecular weight excluding hydrogens is 444 g/mol. The Kier molecular flexibility index (Phi) is 8.06. The van der Waals surface area contributed by atoms with Crippen molar-refractivity contribution in [3.8, 4) is 11.1 Å². The first-order valence-electron chi connectivity index (χ1n) is 12.6. The van der Waals surface area contributed by atoms with Gasteiger partial charge in [-0.2, -0.15) is 0 Å². The van der Waals surface area contributed by atoms with Gasteiger partial charge in [-0.25, -0.2) is 4.79 Å². The van der Waals surface area contributed by atoms with Gasteiger partial charge < -0.3 is 20.5 Å². The lowest BCUT2D eigenvalue weighted by Gasteiger charge is -2.26. The average molecular weight is 479 g/mol. The van der Waals surface area contributed by atoms with E-state index in [9.17, 15) is 19.5 Å². The van der Waals surface area contributed by atoms with Gasteiger partial charge in [0.1, 0.15) is 12.6 Å². The number of fused-ring (bicyclic) bond motifs is 3. The maximum atomic E-state index is 13.0. The Morgan fingerprint density at radius 3 is 2.14 bits per heavy atom. The minimum absolute atomic E-state index is 0.0612. The van der Waals surface area contributed by atoms with Crippen molar-refractivity contribution >= 4 is 18.0 Å². The minimum atomic E-state index is -0.932. The van der Waals surface area contributed by atoms with E-state index in [1.807, 2.05) is 31.2 Å². The summed E-state index contributed by atoms with van der Waals surface area (Å²) in [5, 5.41) is 14.9. The second-order valence-electron chi connectivity index (χ2n) is 9.57. The SMILES string of the molecule is CCCC(NC(=O)OCC1c2ccccc2-c2ccccc21)C(=O)NC(CC(=O)O)C1CCCC1. The number of alkyl carbamates (subject to hydrolysis) is 1. The number of carboxylic acids is 1. The van der Waals surface area contributed by atoms with E-state index in [0.717, 1.165) is 47.9 Å². The molecule has 2 aromatic carbocycles. The van der Waals surface area contributed by atoms with Crippen molar-refractivity contribution < 1.29 is 24.2 Å². The molecule has 0 spiro atoms. The molecule has 4 rings (SSSR count). The topological polar surface area (TPSA) is 105 Å². The van der Waals surface area contributed by atoms with Gasteiger partial charge in [0.2, 0.25) is 5.91 Å². The van der Waals surface area contributed by atoms with Crippen LogP contribution in [0.5, 0.6) is 0 Å². The summed E-state index contributed by atoms with van der Waals surface area (Å²) in [5.74, 6) is -1.18. The van der Waals surface area contributed by atoms with Crippen molar-refractivity contribution in [2.45, 2.75) is 69.9 Å². The van der Waals surface area contributed by atoms with Crippen LogP contribution < -0.4 is 10.6 Å². The van der Waals surface area contributed by atoms with E-state index in [4.69, 9.17) is 4.74 Å². The Morgan fingerprint density at radius 1 is 0.971 bits per heavy atom. The van der Waals surface area contributed by atoms with Gasteiger partial charge in [-0.1, -0.05) is 74.7 Å². The summed E-state index contributed by atoms with van der Waals surface area (Å²) in [6, 6.07) is 15.0. The van der Waals surface area contributed by atoms with Crippen LogP contribution in [-0.2, 0) is 14.3 Å². The highest BCUT2D eigenvalue weighted by atomic mass is 16.5. The van der Waals surface area contributed by atoms with Gasteiger partial charge in [0.25, 0.3) is 0 Å². The van der Waals surface area contributed by atoms with Gasteiger partial charge >= 0.3 is 12.1 Å². The third kappa shape index (κ3) is 5.84. The van der Waals surface area contributed by atoms with Crippen LogP contribution in [0.25, 0.3) is 11.1 Å². The first-order chi connectivity index (χ1) is 17.0. The molecule has 2 aliphatic rings. The third-order valence-electron chi connectivity index (χ3n) is 7.22. The number of hydrogen-bond donors (Lipinski definition) is 3. The van der Waals surface area contributed by atoms with Crippen LogP contribution in [0.2, 0.25) is 0 Å². The molecule has 0 bridgehead atoms. The van der Waals surface area contributed by atoms with Crippen molar-refractivity contribution in [2.24, 2.45) is 5.92 Å². The van der Waals surface area contributed by atoms with Gasteiger partial charge in [0.05, 0.1) is 6.42 Å². The Bertz CT molecular complexity index is 1020. The first kappa shape index (κ1) is 24.8. The van der Waals surface area contributed by atoms with Crippen LogP contribution in [0.15, 0.2) is 48.5 Å². The van der Waals surface area contributed by atoms with E-state index < -0.39 is 24.1 Å². The summed E-state index contributed by atoms with van der Waals surface area (Å²) in [6.45, 7) is 2.11. The number of benzene rings is 2. The van der Waals surface area contributed by atoms with E-state index in [1.165, 1.54) is 0 Å². The molecule has 7 nitrogen and oxygen atoms in total. The highest BCUT2D eigenvalue weighted by molar-refractivity contribution is 5.86. The smallest absolute Gasteiger partial charge is 0.407 e. The normalized spacial score (nSPS) is 16.7. The zero-order chi connectivity index (χ0) is 24.8. The Labute approximate surface area is 206 Å². The standard InChI is InChI=1S/C28H34N2O5/c1-2-9-24(27(33)29-25(16-26(31)32)18-10-3-4-11-18)30-28(34)35-17-23-21-14-7-5-12-19(21)20-13-6-8-15-22(20)23/h5-8,12-15,18,23-25H,2-4,9-11,16-17H2,1H3,(H,29,33)(H,30,34)(H,31,32). The summed E-state index contributed by atoms with van der Waals surface area (Å²) < 4.78 is 5.61. The van der Waals surface area contributed by atoms with E-state index in [2.05, 4.69) is 34.9 Å². The van der Waals surface area contributed by atoms with Crippen LogP contribution in [-0.4, -0.2) is 41.8 Å². The molecule has 2 unspecified atom stereocenters. The molecule has 2 aliphatic carbocycles. The Morgan fingerprint density at radius 2 is 1.57 bits per heavy atom. The molecule has 0 aliphatic heterocycles. The van der Waals surface area contributed by atoms with Crippen LogP contribution in [0.4, 0.5) is 4.79 Å². The minimum Gasteiger partial charge on any atom is -0.481 e. The predicted molar refractivity (Wildman–Crippen MR) is 133 cm³/mol. The monoisotopic (exact) mass is 478 g/mol. The number of carboxylic acid groups (broad SMARTS) is 1. The fourth-order valence-corrected chi connectivity index (χ4v) is 5.51. The lowest BCUT2D eigenvalue weighted by Crippen LogP contribution is -2.51. The van der Waals surface area contributed by atoms with Crippen molar-refractivity contribution in [2.75, 3.05) is 6.61 Å². The molecule has 7 heteroatoms. The van der Waals surface area contributed by atoms with Crippen molar-refractivity contribution in [1.82, 2.24) is 10.6 Å². The van der Waals surface area contributed by atoms with Gasteiger partial charge in [0, 0.05) is 12.0 Å². The van der Waals surface area contributed by atoms with E-state index in [1.54, 1.807) is 0 Å². The molecule has 1 saturated carbocycles. The van der Waals surface area contributed by atoms with Crippen molar-refractivity contribution in [3.05, 3.63) is 59.7 Å². The number of carbonyl (C=O) groups is 3. The Balaban J connectivity index is 1.38. The van der Waals surface area contributed by atoms with E-state index >= 15 is 0 Å². The van der Waals surface area contributed by atoms with Crippen molar-refractivity contribution in [3.63, 3.8) is 0 Å². The lowest BCUT2D eigenvalue weighted by molar-refractivity contribution is -0.138. The van der Waals surface area contributed by atoms with E-state index in [-0.39, 0.29) is 30.8 Å². The van der Waals surface area contributed by atoms with Gasteiger partial charge in [-0.05, 0) is 47.4 Å². The molecule has 0 aromatic heterocycles. The molecule has 35 heavy (non-hydrogen) atoms. The second kappa shape index (κ2) is 11.4. The summed E-state index contributed by atoms with van der Waals surface area (Å²) in [4.78, 5) is 37.1. The molecule has 3 N–H and O–H groups in total. The van der Waals surface area contributed by atoms with Crippen LogP contribution in [0.1, 0.15) is 68.9 Å². The number of rotatable bonds is 10. The van der Waals surface area contributed by atoms with Crippen molar-refractivity contribution in [1.29, 1.82) is 0 Å². The fourth-order valence-electron chi connectivity index (χ4n) is 5.51. The van der Waals surface area contributed by atoms with Crippen LogP contribution in [0.3, 0.4) is 0 Å². The third-order valence-corrected chi connectivity index (χ3v) is 7.22. The molecule has 186 valence electrons. The first-order valence-corrected chi connectivity index (χ1v) is 12.6. The molecule has 2 aromatic rings. The van der Waals surface area contributed by atoms with Gasteiger partial charge in [0.15, 0.2) is 0 Å². The molecular formula is C28H34N2O5.